The molecule has 1 unspecified atom stereocenters. The molecular formula is C8H14N2O3S. The van der Waals surface area contributed by atoms with Gasteiger partial charge >= 0.3 is 6.03 Å². The Morgan fingerprint density at radius 2 is 2.07 bits per heavy atom. The van der Waals surface area contributed by atoms with Crippen molar-refractivity contribution in [2.24, 2.45) is 0 Å². The summed E-state index contributed by atoms with van der Waals surface area (Å²) >= 11 is 0. The van der Waals surface area contributed by atoms with Crippen LogP contribution in [0.3, 0.4) is 0 Å². The van der Waals surface area contributed by atoms with E-state index < -0.39 is 15.4 Å². The van der Waals surface area contributed by atoms with Gasteiger partial charge in [-0.3, -0.25) is 0 Å². The Labute approximate surface area is 83.2 Å². The van der Waals surface area contributed by atoms with Crippen molar-refractivity contribution in [1.82, 2.24) is 10.6 Å². The number of sulfone groups is 1. The average molecular weight is 218 g/mol. The van der Waals surface area contributed by atoms with E-state index in [2.05, 4.69) is 10.6 Å². The fourth-order valence-electron chi connectivity index (χ4n) is 2.25. The zero-order valence-electron chi connectivity index (χ0n) is 7.88. The summed E-state index contributed by atoms with van der Waals surface area (Å²) in [5.74, 6) is 0.367. The highest BCUT2D eigenvalue weighted by molar-refractivity contribution is 7.91. The summed E-state index contributed by atoms with van der Waals surface area (Å²) in [5.41, 5.74) is -0.487. The maximum Gasteiger partial charge on any atom is 0.315 e. The summed E-state index contributed by atoms with van der Waals surface area (Å²) in [6.07, 6.45) is 2.14. The van der Waals surface area contributed by atoms with Gasteiger partial charge in [-0.1, -0.05) is 0 Å². The maximum atomic E-state index is 11.5. The Morgan fingerprint density at radius 1 is 1.29 bits per heavy atom. The van der Waals surface area contributed by atoms with Gasteiger partial charge in [-0.2, -0.15) is 0 Å². The molecule has 2 heterocycles. The molecule has 5 nitrogen and oxygen atoms in total. The van der Waals surface area contributed by atoms with Crippen LogP contribution in [-0.4, -0.2) is 38.0 Å². The van der Waals surface area contributed by atoms with Crippen LogP contribution < -0.4 is 10.6 Å². The molecule has 2 saturated heterocycles. The largest absolute Gasteiger partial charge is 0.338 e. The van der Waals surface area contributed by atoms with Crippen molar-refractivity contribution in [2.45, 2.75) is 24.8 Å². The molecule has 1 atom stereocenters. The number of nitrogens with one attached hydrogen (secondary N) is 2. The third-order valence-corrected chi connectivity index (χ3v) is 4.78. The molecule has 2 amide bonds. The average Bonchev–Trinajstić information content (AvgIpc) is 2.00. The Morgan fingerprint density at radius 3 is 2.71 bits per heavy atom. The molecule has 0 aliphatic carbocycles. The molecule has 14 heavy (non-hydrogen) atoms. The minimum absolute atomic E-state index is 0.105. The number of amides is 2. The normalized spacial score (nSPS) is 36.1. The lowest BCUT2D eigenvalue weighted by atomic mass is 9.90. The second kappa shape index (κ2) is 3.12. The van der Waals surface area contributed by atoms with E-state index in [4.69, 9.17) is 0 Å². The van der Waals surface area contributed by atoms with Crippen LogP contribution in [0.1, 0.15) is 19.3 Å². The van der Waals surface area contributed by atoms with Crippen LogP contribution in [0.25, 0.3) is 0 Å². The summed E-state index contributed by atoms with van der Waals surface area (Å²) in [5, 5.41) is 5.39. The fraction of sp³-hybridized carbons (Fsp3) is 0.875. The Balaban J connectivity index is 2.18. The molecule has 0 aromatic rings. The minimum Gasteiger partial charge on any atom is -0.338 e. The molecule has 2 N–H and O–H groups in total. The second-order valence-electron chi connectivity index (χ2n) is 4.11. The van der Waals surface area contributed by atoms with Crippen LogP contribution in [0.5, 0.6) is 0 Å². The number of rotatable bonds is 0. The van der Waals surface area contributed by atoms with Gasteiger partial charge in [-0.15, -0.1) is 0 Å². The monoisotopic (exact) mass is 218 g/mol. The van der Waals surface area contributed by atoms with Crippen molar-refractivity contribution in [2.75, 3.05) is 18.1 Å². The van der Waals surface area contributed by atoms with Gasteiger partial charge in [0.25, 0.3) is 0 Å². The van der Waals surface area contributed by atoms with E-state index in [9.17, 15) is 13.2 Å². The highest BCUT2D eigenvalue weighted by atomic mass is 32.2. The van der Waals surface area contributed by atoms with Crippen LogP contribution in [0.2, 0.25) is 0 Å². The van der Waals surface area contributed by atoms with E-state index in [1.165, 1.54) is 0 Å². The molecule has 80 valence electrons. The molecule has 0 aromatic heterocycles. The topological polar surface area (TPSA) is 75.3 Å². The van der Waals surface area contributed by atoms with E-state index in [1.807, 2.05) is 0 Å². The molecule has 2 aliphatic rings. The van der Waals surface area contributed by atoms with Crippen LogP contribution in [0, 0.1) is 0 Å². The van der Waals surface area contributed by atoms with Gasteiger partial charge in [-0.25, -0.2) is 13.2 Å². The lowest BCUT2D eigenvalue weighted by molar-refractivity contribution is 0.206. The van der Waals surface area contributed by atoms with Gasteiger partial charge in [0.15, 0.2) is 9.84 Å². The van der Waals surface area contributed by atoms with Gasteiger partial charge in [0.2, 0.25) is 0 Å². The molecule has 1 spiro atoms. The van der Waals surface area contributed by atoms with Crippen LogP contribution in [0.4, 0.5) is 4.79 Å². The van der Waals surface area contributed by atoms with Crippen molar-refractivity contribution in [3.05, 3.63) is 0 Å². The summed E-state index contributed by atoms with van der Waals surface area (Å²) in [6.45, 7) is 0.571. The lowest BCUT2D eigenvalue weighted by Crippen LogP contribution is -2.62. The Kier molecular flexibility index (Phi) is 2.17. The number of hydrogen-bond donors (Lipinski definition) is 2. The van der Waals surface area contributed by atoms with E-state index in [-0.39, 0.29) is 17.5 Å². The highest BCUT2D eigenvalue weighted by Crippen LogP contribution is 2.27. The maximum absolute atomic E-state index is 11.5. The molecule has 2 fully saturated rings. The van der Waals surface area contributed by atoms with Gasteiger partial charge < -0.3 is 10.6 Å². The number of carbonyl (C=O) groups is 1. The molecule has 0 saturated carbocycles. The van der Waals surface area contributed by atoms with Crippen molar-refractivity contribution >= 4 is 15.9 Å². The molecule has 6 heteroatoms. The summed E-state index contributed by atoms with van der Waals surface area (Å²) in [4.78, 5) is 11.1. The van der Waals surface area contributed by atoms with Gasteiger partial charge in [-0.05, 0) is 19.3 Å². The first-order chi connectivity index (χ1) is 6.52. The van der Waals surface area contributed by atoms with Crippen LogP contribution >= 0.6 is 0 Å². The highest BCUT2D eigenvalue weighted by Gasteiger charge is 2.41. The van der Waals surface area contributed by atoms with E-state index in [0.29, 0.717) is 19.4 Å². The van der Waals surface area contributed by atoms with Crippen LogP contribution in [0.15, 0.2) is 0 Å². The first-order valence-electron chi connectivity index (χ1n) is 4.78. The minimum atomic E-state index is -2.96. The van der Waals surface area contributed by atoms with E-state index in [0.717, 1.165) is 6.42 Å². The van der Waals surface area contributed by atoms with Crippen molar-refractivity contribution in [3.8, 4) is 0 Å². The van der Waals surface area contributed by atoms with Crippen molar-refractivity contribution in [3.63, 3.8) is 0 Å². The second-order valence-corrected chi connectivity index (χ2v) is 6.29. The SMILES string of the molecule is O=C1NCCC2(CCCS(=O)(=O)C2)N1. The zero-order chi connectivity index (χ0) is 10.2. The number of carbonyl (C=O) groups excluding carboxylic acids is 1. The Hall–Kier alpha value is -0.780. The van der Waals surface area contributed by atoms with Gasteiger partial charge in [0.1, 0.15) is 0 Å². The fourth-order valence-corrected chi connectivity index (χ4v) is 4.19. The third-order valence-electron chi connectivity index (χ3n) is 2.87. The zero-order valence-corrected chi connectivity index (χ0v) is 8.69. The van der Waals surface area contributed by atoms with E-state index >= 15 is 0 Å². The molecule has 0 radical (unpaired) electrons. The van der Waals surface area contributed by atoms with Crippen LogP contribution in [-0.2, 0) is 9.84 Å². The quantitative estimate of drug-likeness (QED) is 0.583. The summed E-state index contributed by atoms with van der Waals surface area (Å²) in [6, 6.07) is -0.242. The predicted octanol–water partition coefficient (Wildman–Crippen LogP) is -0.363. The summed E-state index contributed by atoms with van der Waals surface area (Å²) in [7, 11) is -2.96. The third kappa shape index (κ3) is 1.84. The summed E-state index contributed by atoms with van der Waals surface area (Å²) < 4.78 is 22.9. The number of hydrogen-bond acceptors (Lipinski definition) is 3. The molecule has 2 aliphatic heterocycles. The van der Waals surface area contributed by atoms with E-state index in [1.54, 1.807) is 0 Å². The van der Waals surface area contributed by atoms with Crippen molar-refractivity contribution in [1.29, 1.82) is 0 Å². The number of urea groups is 1. The predicted molar refractivity (Wildman–Crippen MR) is 51.8 cm³/mol. The first kappa shape index (κ1) is 9.76. The molecule has 0 aromatic carbocycles. The lowest BCUT2D eigenvalue weighted by Gasteiger charge is -2.40. The van der Waals surface area contributed by atoms with Gasteiger partial charge in [0, 0.05) is 6.54 Å². The standard InChI is InChI=1S/C8H14N2O3S/c11-7-9-4-3-8(10-7)2-1-5-14(12,13)6-8/h1-6H2,(H2,9,10,11). The smallest absolute Gasteiger partial charge is 0.315 e. The van der Waals surface area contributed by atoms with Crippen molar-refractivity contribution < 1.29 is 13.2 Å². The molecule has 2 rings (SSSR count). The Bertz CT molecular complexity index is 348. The first-order valence-corrected chi connectivity index (χ1v) is 6.60. The van der Waals surface area contributed by atoms with Gasteiger partial charge in [0.05, 0.1) is 17.0 Å². The molecule has 0 bridgehead atoms. The molecular weight excluding hydrogens is 204 g/mol.